The number of carbonyl (C=O) groups excluding carboxylic acids is 16. The lowest BCUT2D eigenvalue weighted by molar-refractivity contribution is -0.293. The predicted molar refractivity (Wildman–Crippen MR) is 408 cm³/mol. The number of phosphoric acid groups is 1. The van der Waals surface area contributed by atoms with Gasteiger partial charge in [0, 0.05) is 95.9 Å². The summed E-state index contributed by atoms with van der Waals surface area (Å²) in [7, 11) is -4.52. The van der Waals surface area contributed by atoms with Crippen molar-refractivity contribution in [3.63, 3.8) is 0 Å². The molecule has 5 N–H and O–H groups in total. The molecule has 0 spiro atoms. The van der Waals surface area contributed by atoms with E-state index in [0.717, 1.165) is 48.5 Å². The molecule has 2 aromatic carbocycles. The Bertz CT molecular complexity index is 3720. The van der Waals surface area contributed by atoms with Gasteiger partial charge >= 0.3 is 105 Å². The van der Waals surface area contributed by atoms with Crippen LogP contribution in [-0.2, 0) is 186 Å². The van der Waals surface area contributed by atoms with Crippen LogP contribution in [0.25, 0.3) is 0 Å². The van der Waals surface area contributed by atoms with E-state index in [9.17, 15) is 91.5 Å². The number of aliphatic hydroxyl groups excluding tert-OH is 2. The summed E-state index contributed by atoms with van der Waals surface area (Å²) < 4.78 is 126. The summed E-state index contributed by atoms with van der Waals surface area (Å²) in [5, 5.41) is 20.1. The van der Waals surface area contributed by atoms with Crippen molar-refractivity contribution in [2.24, 2.45) is 5.92 Å². The maximum absolute atomic E-state index is 13.9. The number of nitrogens with one attached hydrogen (secondary N) is 3. The van der Waals surface area contributed by atoms with E-state index < -0.39 is 227 Å². The summed E-state index contributed by atoms with van der Waals surface area (Å²) in [6.07, 6.45) is -20.2. The van der Waals surface area contributed by atoms with E-state index in [4.69, 9.17) is 98.8 Å². The number of hydrogen-bond donors (Lipinski definition) is 5. The lowest BCUT2D eigenvalue weighted by atomic mass is 9.89. The Morgan fingerprint density at radius 3 is 0.879 bits per heavy atom. The second kappa shape index (κ2) is 54.2. The van der Waals surface area contributed by atoms with Crippen LogP contribution in [0.15, 0.2) is 60.7 Å². The van der Waals surface area contributed by atoms with Gasteiger partial charge in [0.2, 0.25) is 43.5 Å². The first-order valence-corrected chi connectivity index (χ1v) is 40.1. The molecular weight excluding hydrogens is 1690 g/mol. The summed E-state index contributed by atoms with van der Waals surface area (Å²) in [4.78, 5) is 193. The number of hydrogen-bond acceptors (Lipinski definition) is 46. The number of para-hydroxylation sites is 2. The maximum atomic E-state index is 13.9. The fraction of sp³-hybridized carbons (Fsp3) is 0.636. The summed E-state index contributed by atoms with van der Waals surface area (Å²) in [6, 6.07) is 13.7. The standard InChI is InChI=1S/C24H28NO11P.C14H21NO9.C14H22O7.C13H20O8.C12H19NO8/c1-4-20-21(25-30-15-26)22(31-16(2)27)23(32-17(3)28)24(33-20)36-37(29,34-18-11-7-5-8-12-18)35-19-13-9-6-10-14-19;1-5-10-11(15-20-6-16)12(21-7(2)17)13(22-8(3)18)14(24-10)23-9(4)19;1-6-11-7(2)12(18-8(3)15)13(19-9(4)16)14(21-11)20-10(5)17;1-5-9-10(17)11(18-6(2)14)12(19-7(3)15)13(21-9)20-8(4)16;1-4-8-9(13-18-5-14)10(19-6(2)15)11(12(17)21-8)20-7(3)16/h5-15,20-25H,4H2,1-3H3;6,10-15H,5H2,1-4H3;7,11-14H,6H2,1-5H3;9-13,17H,5H2,1-4H3;5,8-13,17H,4H2,1-3H3/t20-,21-,22+,23+,24-;10-,11-,12+,13+,14+;7-,11-,12+,13+,14+;9-,10-,11+,12+,13+;8-,9-,10+,11+,12?/m11111/s1. The number of aliphatic hydroxyl groups is 2. The van der Waals surface area contributed by atoms with Gasteiger partial charge in [0.25, 0.3) is 0 Å². The minimum atomic E-state index is -4.52. The topological polar surface area (TPSA) is 588 Å². The third-order valence-corrected chi connectivity index (χ3v) is 18.7. The molecule has 0 saturated carbocycles. The molecule has 5 fully saturated rings. The molecule has 47 heteroatoms. The Morgan fingerprint density at radius 1 is 0.323 bits per heavy atom. The Hall–Kier alpha value is -10.7. The Morgan fingerprint density at radius 2 is 0.565 bits per heavy atom. The van der Waals surface area contributed by atoms with Crippen LogP contribution in [0, 0.1) is 5.92 Å². The normalized spacial score (nSPS) is 29.0. The first-order valence-electron chi connectivity index (χ1n) is 38.7. The zero-order valence-electron chi connectivity index (χ0n) is 71.6. The van der Waals surface area contributed by atoms with E-state index in [1.165, 1.54) is 41.5 Å². The molecule has 5 aliphatic heterocycles. The van der Waals surface area contributed by atoms with Crippen LogP contribution in [0.1, 0.15) is 164 Å². The maximum Gasteiger partial charge on any atom is 0.590 e. The number of phosphoric ester groups is 1. The SMILES string of the molecule is CC[C@H]1OC(O)[C@@H](OC(C)=O)[C@@H](OC(C)=O)[C@@H]1NOC=O.CC[C@H]1O[C@H](OC(C)=O)[C@@H](OC(C)=O)[C@@H](OC(C)=O)[C@@H]1C.CC[C@H]1O[C@H](OC(C)=O)[C@@H](OC(C)=O)[C@@H](OC(C)=O)[C@@H]1NOC=O.CC[C@H]1O[C@H](OC(C)=O)[C@@H](OC(C)=O)[C@@H](OC(C)=O)[C@@H]1O.CC[C@H]1O[C@H](OP(=O)(Oc2ccccc2)Oc2ccccc2)[C@@H](OC(C)=O)[C@@H](OC(C)=O)[C@@H]1NOC=O. The third-order valence-electron chi connectivity index (χ3n) is 17.4. The van der Waals surface area contributed by atoms with E-state index in [0.29, 0.717) is 32.1 Å². The highest BCUT2D eigenvalue weighted by molar-refractivity contribution is 7.49. The number of ether oxygens (including phenoxy) is 18. The van der Waals surface area contributed by atoms with Gasteiger partial charge in [-0.1, -0.05) is 77.9 Å². The summed E-state index contributed by atoms with van der Waals surface area (Å²) in [6.45, 7) is 26.5. The van der Waals surface area contributed by atoms with E-state index in [2.05, 4.69) is 31.0 Å². The van der Waals surface area contributed by atoms with Gasteiger partial charge in [-0.3, -0.25) is 76.7 Å². The minimum Gasteiger partial charge on any atom is -0.458 e. The van der Waals surface area contributed by atoms with Gasteiger partial charge in [-0.05, 0) is 56.4 Å². The molecule has 5 aliphatic rings. The highest BCUT2D eigenvalue weighted by Gasteiger charge is 2.57. The van der Waals surface area contributed by atoms with Crippen molar-refractivity contribution in [1.82, 2.24) is 16.4 Å². The molecule has 46 nitrogen and oxygen atoms in total. The fourth-order valence-electron chi connectivity index (χ4n) is 12.8. The average Bonchev–Trinajstić information content (AvgIpc) is 0.786. The molecule has 0 aromatic heterocycles. The summed E-state index contributed by atoms with van der Waals surface area (Å²) in [5.41, 5.74) is 7.23. The molecular formula is C77H110N3O43P. The van der Waals surface area contributed by atoms with E-state index in [-0.39, 0.29) is 42.9 Å². The number of carbonyl (C=O) groups is 16. The minimum absolute atomic E-state index is 0.135. The average molecular weight is 1800 g/mol. The lowest BCUT2D eigenvalue weighted by Crippen LogP contribution is -2.65. The molecule has 25 atom stereocenters. The summed E-state index contributed by atoms with van der Waals surface area (Å²) >= 11 is 0. The van der Waals surface area contributed by atoms with Gasteiger partial charge in [0.05, 0.1) is 30.5 Å². The Kier molecular flexibility index (Phi) is 47.0. The second-order valence-electron chi connectivity index (χ2n) is 27.1. The van der Waals surface area contributed by atoms with Crippen molar-refractivity contribution in [2.75, 3.05) is 0 Å². The van der Waals surface area contributed by atoms with Crippen LogP contribution < -0.4 is 25.5 Å². The van der Waals surface area contributed by atoms with Crippen LogP contribution in [0.2, 0.25) is 0 Å². The highest BCUT2D eigenvalue weighted by atomic mass is 31.2. The first-order chi connectivity index (χ1) is 58.4. The highest BCUT2D eigenvalue weighted by Crippen LogP contribution is 2.52. The van der Waals surface area contributed by atoms with E-state index >= 15 is 0 Å². The van der Waals surface area contributed by atoms with Gasteiger partial charge < -0.3 is 119 Å². The van der Waals surface area contributed by atoms with Crippen molar-refractivity contribution in [1.29, 1.82) is 0 Å². The van der Waals surface area contributed by atoms with Crippen LogP contribution in [0.5, 0.6) is 11.5 Å². The van der Waals surface area contributed by atoms with Crippen LogP contribution in [-0.4, -0.2) is 254 Å². The largest absolute Gasteiger partial charge is 0.590 e. The smallest absolute Gasteiger partial charge is 0.458 e. The molecule has 0 aliphatic carbocycles. The van der Waals surface area contributed by atoms with E-state index in [1.54, 1.807) is 88.4 Å². The molecule has 124 heavy (non-hydrogen) atoms. The molecule has 0 radical (unpaired) electrons. The Labute approximate surface area is 712 Å². The van der Waals surface area contributed by atoms with Crippen molar-refractivity contribution in [3.8, 4) is 11.5 Å². The first kappa shape index (κ1) is 108. The number of esters is 13. The zero-order valence-corrected chi connectivity index (χ0v) is 72.4. The van der Waals surface area contributed by atoms with Gasteiger partial charge in [0.1, 0.15) is 41.8 Å². The monoisotopic (exact) mass is 1800 g/mol. The molecule has 0 amide bonds. The second-order valence-corrected chi connectivity index (χ2v) is 28.6. The number of hydroxylamine groups is 3. The van der Waals surface area contributed by atoms with Gasteiger partial charge in [-0.25, -0.2) is 9.09 Å². The Balaban J connectivity index is 0.000000409. The quantitative estimate of drug-likeness (QED) is 0.0225. The predicted octanol–water partition coefficient (Wildman–Crippen LogP) is 3.02. The van der Waals surface area contributed by atoms with Gasteiger partial charge in [-0.2, -0.15) is 0 Å². The van der Waals surface area contributed by atoms with Crippen LogP contribution in [0.4, 0.5) is 0 Å². The molecule has 2 aromatic rings. The van der Waals surface area contributed by atoms with E-state index in [1.807, 2.05) is 13.8 Å². The lowest BCUT2D eigenvalue weighted by Gasteiger charge is -2.44. The van der Waals surface area contributed by atoms with Gasteiger partial charge in [-0.15, -0.1) is 16.4 Å². The van der Waals surface area contributed by atoms with Crippen molar-refractivity contribution in [3.05, 3.63) is 60.7 Å². The van der Waals surface area contributed by atoms with Crippen molar-refractivity contribution in [2.45, 2.75) is 311 Å². The van der Waals surface area contributed by atoms with Gasteiger partial charge in [0.15, 0.2) is 42.9 Å². The van der Waals surface area contributed by atoms with Crippen molar-refractivity contribution >= 4 is 105 Å². The molecule has 7 rings (SSSR count). The number of rotatable bonds is 33. The fourth-order valence-corrected chi connectivity index (χ4v) is 14.1. The zero-order chi connectivity index (χ0) is 93.4. The number of benzene rings is 2. The third kappa shape index (κ3) is 35.9. The molecule has 1 unspecified atom stereocenters. The van der Waals surface area contributed by atoms with Crippen LogP contribution in [0.3, 0.4) is 0 Å². The molecule has 696 valence electrons. The molecule has 5 saturated heterocycles. The molecule has 0 bridgehead atoms. The molecule has 5 heterocycles. The summed E-state index contributed by atoms with van der Waals surface area (Å²) in [5.74, 6) is -8.30. The van der Waals surface area contributed by atoms with Crippen LogP contribution >= 0.6 is 7.82 Å². The van der Waals surface area contributed by atoms with Crippen molar-refractivity contribution < 1.29 is 205 Å².